The van der Waals surface area contributed by atoms with E-state index in [9.17, 15) is 4.39 Å². The maximum absolute atomic E-state index is 13.3. The van der Waals surface area contributed by atoms with Gasteiger partial charge < -0.3 is 15.4 Å². The van der Waals surface area contributed by atoms with Crippen LogP contribution in [0.3, 0.4) is 0 Å². The zero-order chi connectivity index (χ0) is 18.5. The summed E-state index contributed by atoms with van der Waals surface area (Å²) in [5, 5.41) is 11.1. The van der Waals surface area contributed by atoms with Crippen molar-refractivity contribution in [1.29, 1.82) is 0 Å². The minimum atomic E-state index is -0.290. The molecule has 2 aromatic carbocycles. The van der Waals surface area contributed by atoms with Gasteiger partial charge in [-0.2, -0.15) is 5.10 Å². The first kappa shape index (κ1) is 18.2. The van der Waals surface area contributed by atoms with Gasteiger partial charge in [0.25, 0.3) is 0 Å². The molecule has 8 heteroatoms. The van der Waals surface area contributed by atoms with Crippen LogP contribution in [-0.2, 0) is 6.54 Å². The van der Waals surface area contributed by atoms with Gasteiger partial charge in [0.2, 0.25) is 0 Å². The van der Waals surface area contributed by atoms with Gasteiger partial charge in [0, 0.05) is 6.20 Å². The van der Waals surface area contributed by atoms with E-state index in [4.69, 9.17) is 28.6 Å². The van der Waals surface area contributed by atoms with Crippen LogP contribution in [0.2, 0.25) is 5.02 Å². The van der Waals surface area contributed by atoms with Crippen molar-refractivity contribution in [3.05, 3.63) is 71.1 Å². The highest BCUT2D eigenvalue weighted by atomic mass is 35.5. The number of hydrogen-bond donors (Lipinski definition) is 2. The monoisotopic (exact) mass is 390 g/mol. The molecule has 0 amide bonds. The van der Waals surface area contributed by atoms with Crippen molar-refractivity contribution in [2.24, 2.45) is 0 Å². The number of thiocarbonyl (C=S) groups is 1. The molecule has 3 aromatic rings. The number of anilines is 2. The molecule has 0 unspecified atom stereocenters. The summed E-state index contributed by atoms with van der Waals surface area (Å²) in [5.41, 5.74) is 1.51. The highest BCUT2D eigenvalue weighted by Gasteiger charge is 2.11. The molecule has 5 nitrogen and oxygen atoms in total. The average molecular weight is 391 g/mol. The molecular formula is C18H16ClFN4OS. The first-order valence-electron chi connectivity index (χ1n) is 7.73. The Morgan fingerprint density at radius 3 is 2.81 bits per heavy atom. The number of halogens is 2. The average Bonchev–Trinajstić information content (AvgIpc) is 2.94. The number of methoxy groups -OCH3 is 1. The molecule has 3 rings (SSSR count). The summed E-state index contributed by atoms with van der Waals surface area (Å²) in [4.78, 5) is 0. The number of ether oxygens (including phenoxy) is 1. The summed E-state index contributed by atoms with van der Waals surface area (Å²) in [7, 11) is 1.59. The predicted octanol–water partition coefficient (Wildman–Crippen LogP) is 4.54. The Morgan fingerprint density at radius 2 is 2.04 bits per heavy atom. The van der Waals surface area contributed by atoms with Crippen molar-refractivity contribution in [1.82, 2.24) is 9.78 Å². The fourth-order valence-electron chi connectivity index (χ4n) is 2.39. The zero-order valence-corrected chi connectivity index (χ0v) is 15.4. The molecule has 1 aromatic heterocycles. The van der Waals surface area contributed by atoms with Crippen LogP contribution in [0.15, 0.2) is 54.7 Å². The third-order valence-electron chi connectivity index (χ3n) is 3.54. The number of benzene rings is 2. The van der Waals surface area contributed by atoms with Gasteiger partial charge in [0.1, 0.15) is 16.6 Å². The second-order valence-electron chi connectivity index (χ2n) is 5.43. The Balaban J connectivity index is 1.68. The first-order chi connectivity index (χ1) is 12.5. The van der Waals surface area contributed by atoms with Crippen LogP contribution in [-0.4, -0.2) is 22.0 Å². The molecule has 0 bridgehead atoms. The summed E-state index contributed by atoms with van der Waals surface area (Å²) in [6.07, 6.45) is 1.65. The predicted molar refractivity (Wildman–Crippen MR) is 106 cm³/mol. The summed E-state index contributed by atoms with van der Waals surface area (Å²) in [6, 6.07) is 13.7. The number of hydrogen-bond acceptors (Lipinski definition) is 3. The number of rotatable bonds is 5. The van der Waals surface area contributed by atoms with E-state index in [0.717, 1.165) is 11.3 Å². The van der Waals surface area contributed by atoms with Crippen LogP contribution in [0.5, 0.6) is 5.75 Å². The molecule has 0 saturated carbocycles. The van der Waals surface area contributed by atoms with Crippen molar-refractivity contribution in [3.8, 4) is 5.75 Å². The normalized spacial score (nSPS) is 10.4. The molecule has 134 valence electrons. The molecule has 0 fully saturated rings. The molecule has 2 N–H and O–H groups in total. The Kier molecular flexibility index (Phi) is 5.70. The van der Waals surface area contributed by atoms with Gasteiger partial charge >= 0.3 is 0 Å². The molecule has 0 aliphatic carbocycles. The topological polar surface area (TPSA) is 51.1 Å². The van der Waals surface area contributed by atoms with Gasteiger partial charge in [-0.25, -0.2) is 4.39 Å². The second kappa shape index (κ2) is 8.16. The summed E-state index contributed by atoms with van der Waals surface area (Å²) >= 11 is 11.5. The van der Waals surface area contributed by atoms with Gasteiger partial charge in [-0.1, -0.05) is 35.9 Å². The Hall–Kier alpha value is -2.64. The van der Waals surface area contributed by atoms with Crippen molar-refractivity contribution in [2.75, 3.05) is 17.7 Å². The Morgan fingerprint density at radius 1 is 1.23 bits per heavy atom. The molecule has 0 aliphatic rings. The fourth-order valence-corrected chi connectivity index (χ4v) is 2.80. The van der Waals surface area contributed by atoms with E-state index in [0.29, 0.717) is 28.2 Å². The van der Waals surface area contributed by atoms with Gasteiger partial charge in [-0.05, 0) is 42.0 Å². The van der Waals surface area contributed by atoms with Crippen molar-refractivity contribution >= 4 is 40.4 Å². The standard InChI is InChI=1S/C18H16ClFN4OS/c1-25-16-8-3-2-7-15(16)21-18(26)22-17-14(19)11-24(23-17)10-12-5-4-6-13(20)9-12/h2-9,11H,10H2,1H3,(H2,21,22,23,26). The zero-order valence-electron chi connectivity index (χ0n) is 13.9. The van der Waals surface area contributed by atoms with E-state index < -0.39 is 0 Å². The quantitative estimate of drug-likeness (QED) is 0.626. The maximum atomic E-state index is 13.3. The highest BCUT2D eigenvalue weighted by molar-refractivity contribution is 7.80. The minimum absolute atomic E-state index is 0.290. The van der Waals surface area contributed by atoms with Crippen LogP contribution in [0, 0.1) is 5.82 Å². The first-order valence-corrected chi connectivity index (χ1v) is 8.52. The Bertz CT molecular complexity index is 931. The number of para-hydroxylation sites is 2. The molecule has 0 atom stereocenters. The summed E-state index contributed by atoms with van der Waals surface area (Å²) in [5.74, 6) is 0.788. The molecular weight excluding hydrogens is 375 g/mol. The number of nitrogens with one attached hydrogen (secondary N) is 2. The molecule has 1 heterocycles. The smallest absolute Gasteiger partial charge is 0.176 e. The van der Waals surface area contributed by atoms with E-state index in [-0.39, 0.29) is 5.82 Å². The van der Waals surface area contributed by atoms with Crippen molar-refractivity contribution in [3.63, 3.8) is 0 Å². The third kappa shape index (κ3) is 4.50. The fraction of sp³-hybridized carbons (Fsp3) is 0.111. The number of nitrogens with zero attached hydrogens (tertiary/aromatic N) is 2. The van der Waals surface area contributed by atoms with Gasteiger partial charge in [0.05, 0.1) is 19.3 Å². The van der Waals surface area contributed by atoms with E-state index in [1.807, 2.05) is 30.3 Å². The van der Waals surface area contributed by atoms with Gasteiger partial charge in [0.15, 0.2) is 10.9 Å². The number of aromatic nitrogens is 2. The van der Waals surface area contributed by atoms with Crippen molar-refractivity contribution in [2.45, 2.75) is 6.54 Å². The maximum Gasteiger partial charge on any atom is 0.176 e. The Labute approximate surface area is 160 Å². The lowest BCUT2D eigenvalue weighted by molar-refractivity contribution is 0.417. The SMILES string of the molecule is COc1ccccc1NC(=S)Nc1nn(Cc2cccc(F)c2)cc1Cl. The minimum Gasteiger partial charge on any atom is -0.495 e. The van der Waals surface area contributed by atoms with Crippen molar-refractivity contribution < 1.29 is 9.13 Å². The largest absolute Gasteiger partial charge is 0.495 e. The lowest BCUT2D eigenvalue weighted by Crippen LogP contribution is -2.20. The molecule has 0 saturated heterocycles. The van der Waals surface area contributed by atoms with E-state index in [2.05, 4.69) is 15.7 Å². The van der Waals surface area contributed by atoms with Crippen LogP contribution in [0.25, 0.3) is 0 Å². The van der Waals surface area contributed by atoms with E-state index >= 15 is 0 Å². The summed E-state index contributed by atoms with van der Waals surface area (Å²) in [6.45, 7) is 0.395. The molecule has 0 spiro atoms. The van der Waals surface area contributed by atoms with Crippen LogP contribution < -0.4 is 15.4 Å². The lowest BCUT2D eigenvalue weighted by atomic mass is 10.2. The van der Waals surface area contributed by atoms with E-state index in [1.54, 1.807) is 24.1 Å². The van der Waals surface area contributed by atoms with E-state index in [1.165, 1.54) is 12.1 Å². The highest BCUT2D eigenvalue weighted by Crippen LogP contribution is 2.24. The molecule has 26 heavy (non-hydrogen) atoms. The van der Waals surface area contributed by atoms with Crippen LogP contribution in [0.4, 0.5) is 15.9 Å². The third-order valence-corrected chi connectivity index (χ3v) is 4.02. The van der Waals surface area contributed by atoms with Gasteiger partial charge in [-0.3, -0.25) is 4.68 Å². The van der Waals surface area contributed by atoms with Crippen LogP contribution in [0.1, 0.15) is 5.56 Å². The lowest BCUT2D eigenvalue weighted by Gasteiger charge is -2.12. The van der Waals surface area contributed by atoms with Gasteiger partial charge in [-0.15, -0.1) is 0 Å². The molecule has 0 radical (unpaired) electrons. The summed E-state index contributed by atoms with van der Waals surface area (Å²) < 4.78 is 20.2. The second-order valence-corrected chi connectivity index (χ2v) is 6.25. The molecule has 0 aliphatic heterocycles. The van der Waals surface area contributed by atoms with Crippen LogP contribution >= 0.6 is 23.8 Å².